The first-order valence-electron chi connectivity index (χ1n) is 6.22. The van der Waals surface area contributed by atoms with Crippen molar-refractivity contribution in [1.29, 1.82) is 0 Å². The Kier molecular flexibility index (Phi) is 4.24. The van der Waals surface area contributed by atoms with Gasteiger partial charge in [-0.1, -0.05) is 19.9 Å². The molecule has 0 saturated heterocycles. The van der Waals surface area contributed by atoms with E-state index in [1.165, 1.54) is 23.5 Å². The summed E-state index contributed by atoms with van der Waals surface area (Å²) in [5.41, 5.74) is 0.624. The van der Waals surface area contributed by atoms with Crippen LogP contribution in [0.4, 0.5) is 5.13 Å². The van der Waals surface area contributed by atoms with Crippen LogP contribution in [0.25, 0.3) is 0 Å². The summed E-state index contributed by atoms with van der Waals surface area (Å²) in [4.78, 5) is 17.1. The van der Waals surface area contributed by atoms with Crippen molar-refractivity contribution in [1.82, 2.24) is 4.98 Å². The Balaban J connectivity index is 1.99. The van der Waals surface area contributed by atoms with Crippen LogP contribution in [0.3, 0.4) is 0 Å². The molecule has 1 aromatic heterocycles. The maximum absolute atomic E-state index is 11.9. The average Bonchev–Trinajstić information content (AvgIpc) is 2.82. The molecule has 106 valence electrons. The number of hydrogen-bond acceptors (Lipinski definition) is 5. The summed E-state index contributed by atoms with van der Waals surface area (Å²) >= 11 is 1.45. The molecule has 2 rings (SSSR count). The van der Waals surface area contributed by atoms with Gasteiger partial charge in [-0.15, -0.1) is 11.3 Å². The van der Waals surface area contributed by atoms with Gasteiger partial charge < -0.3 is 15.5 Å². The zero-order valence-electron chi connectivity index (χ0n) is 11.3. The highest BCUT2D eigenvalue weighted by atomic mass is 32.1. The van der Waals surface area contributed by atoms with Crippen LogP contribution in [0.1, 0.15) is 30.2 Å². The van der Waals surface area contributed by atoms with Gasteiger partial charge in [-0.05, 0) is 23.6 Å². The number of carbonyl (C=O) groups excluding carboxylic acids is 1. The van der Waals surface area contributed by atoms with Crippen LogP contribution in [0, 0.1) is 0 Å². The van der Waals surface area contributed by atoms with E-state index in [1.807, 2.05) is 0 Å². The van der Waals surface area contributed by atoms with Crippen LogP contribution in [0.15, 0.2) is 24.4 Å². The van der Waals surface area contributed by atoms with E-state index in [9.17, 15) is 15.0 Å². The van der Waals surface area contributed by atoms with Gasteiger partial charge in [-0.2, -0.15) is 0 Å². The zero-order valence-corrected chi connectivity index (χ0v) is 12.1. The SMILES string of the molecule is CC(C)c1cnc(NC(=O)Cc2ccc(O)c(O)c2)s1. The number of nitrogens with zero attached hydrogens (tertiary/aromatic N) is 1. The molecule has 0 spiro atoms. The third-order valence-electron chi connectivity index (χ3n) is 2.74. The van der Waals surface area contributed by atoms with E-state index in [1.54, 1.807) is 12.3 Å². The quantitative estimate of drug-likeness (QED) is 0.757. The predicted octanol–water partition coefficient (Wildman–Crippen LogP) is 2.86. The standard InChI is InChI=1S/C14H16N2O3S/c1-8(2)12-7-15-14(20-12)16-13(19)6-9-3-4-10(17)11(18)5-9/h3-5,7-8,17-18H,6H2,1-2H3,(H,15,16,19). The first-order chi connectivity index (χ1) is 9.45. The molecule has 5 nitrogen and oxygen atoms in total. The van der Waals surface area contributed by atoms with Crippen molar-refractivity contribution in [2.24, 2.45) is 0 Å². The van der Waals surface area contributed by atoms with E-state index in [0.717, 1.165) is 4.88 Å². The molecule has 0 aliphatic heterocycles. The normalized spacial score (nSPS) is 10.8. The van der Waals surface area contributed by atoms with E-state index < -0.39 is 0 Å². The minimum atomic E-state index is -0.230. The topological polar surface area (TPSA) is 82.5 Å². The third-order valence-corrected chi connectivity index (χ3v) is 3.96. The van der Waals surface area contributed by atoms with Crippen LogP contribution in [0.5, 0.6) is 11.5 Å². The van der Waals surface area contributed by atoms with Crippen molar-refractivity contribution in [3.05, 3.63) is 34.8 Å². The first-order valence-corrected chi connectivity index (χ1v) is 7.04. The number of phenolic OH excluding ortho intramolecular Hbond substituents is 2. The van der Waals surface area contributed by atoms with Crippen molar-refractivity contribution in [3.8, 4) is 11.5 Å². The minimum Gasteiger partial charge on any atom is -0.504 e. The number of phenols is 2. The average molecular weight is 292 g/mol. The molecule has 0 fully saturated rings. The summed E-state index contributed by atoms with van der Waals surface area (Å²) < 4.78 is 0. The van der Waals surface area contributed by atoms with Crippen LogP contribution >= 0.6 is 11.3 Å². The summed E-state index contributed by atoms with van der Waals surface area (Å²) in [7, 11) is 0. The Morgan fingerprint density at radius 1 is 1.35 bits per heavy atom. The van der Waals surface area contributed by atoms with Gasteiger partial charge in [0, 0.05) is 11.1 Å². The molecular formula is C14H16N2O3S. The number of rotatable bonds is 4. The van der Waals surface area contributed by atoms with Gasteiger partial charge in [0.2, 0.25) is 5.91 Å². The number of carbonyl (C=O) groups is 1. The molecule has 1 amide bonds. The van der Waals surface area contributed by atoms with Gasteiger partial charge in [0.1, 0.15) is 0 Å². The van der Waals surface area contributed by atoms with E-state index in [4.69, 9.17) is 0 Å². The Morgan fingerprint density at radius 3 is 2.70 bits per heavy atom. The fraction of sp³-hybridized carbons (Fsp3) is 0.286. The van der Waals surface area contributed by atoms with Crippen molar-refractivity contribution in [2.45, 2.75) is 26.2 Å². The lowest BCUT2D eigenvalue weighted by atomic mass is 10.1. The number of benzene rings is 1. The summed E-state index contributed by atoms with van der Waals surface area (Å²) in [6, 6.07) is 4.32. The molecule has 2 aromatic rings. The predicted molar refractivity (Wildman–Crippen MR) is 78.3 cm³/mol. The molecule has 0 unspecified atom stereocenters. The minimum absolute atomic E-state index is 0.116. The molecule has 0 aliphatic rings. The second-order valence-corrected chi connectivity index (χ2v) is 5.83. The molecule has 0 bridgehead atoms. The number of anilines is 1. The number of nitrogens with one attached hydrogen (secondary N) is 1. The molecule has 1 heterocycles. The van der Waals surface area contributed by atoms with Crippen LogP contribution < -0.4 is 5.32 Å². The highest BCUT2D eigenvalue weighted by Gasteiger charge is 2.10. The summed E-state index contributed by atoms with van der Waals surface area (Å²) in [6.07, 6.45) is 1.88. The Labute approximate surface area is 120 Å². The highest BCUT2D eigenvalue weighted by molar-refractivity contribution is 7.15. The third kappa shape index (κ3) is 3.48. The summed E-state index contributed by atoms with van der Waals surface area (Å²) in [6.45, 7) is 4.14. The van der Waals surface area contributed by atoms with Crippen LogP contribution in [0.2, 0.25) is 0 Å². The second kappa shape index (κ2) is 5.92. The van der Waals surface area contributed by atoms with Crippen LogP contribution in [-0.2, 0) is 11.2 Å². The van der Waals surface area contributed by atoms with Gasteiger partial charge >= 0.3 is 0 Å². The molecule has 20 heavy (non-hydrogen) atoms. The number of aromatic hydroxyl groups is 2. The zero-order chi connectivity index (χ0) is 14.7. The fourth-order valence-electron chi connectivity index (χ4n) is 1.64. The van der Waals surface area contributed by atoms with Gasteiger partial charge in [0.15, 0.2) is 16.6 Å². The number of thiazole rings is 1. The monoisotopic (exact) mass is 292 g/mol. The first kappa shape index (κ1) is 14.3. The van der Waals surface area contributed by atoms with Crippen molar-refractivity contribution in [3.63, 3.8) is 0 Å². The van der Waals surface area contributed by atoms with Gasteiger partial charge in [-0.25, -0.2) is 4.98 Å². The Bertz CT molecular complexity index is 623. The van der Waals surface area contributed by atoms with Crippen molar-refractivity contribution in [2.75, 3.05) is 5.32 Å². The maximum atomic E-state index is 11.9. The van der Waals surface area contributed by atoms with Crippen molar-refractivity contribution < 1.29 is 15.0 Å². The Hall–Kier alpha value is -2.08. The smallest absolute Gasteiger partial charge is 0.230 e. The number of amides is 1. The number of hydrogen-bond donors (Lipinski definition) is 3. The Morgan fingerprint density at radius 2 is 2.10 bits per heavy atom. The molecule has 0 atom stereocenters. The molecule has 0 saturated carbocycles. The molecule has 0 aliphatic carbocycles. The maximum Gasteiger partial charge on any atom is 0.230 e. The van der Waals surface area contributed by atoms with E-state index >= 15 is 0 Å². The highest BCUT2D eigenvalue weighted by Crippen LogP contribution is 2.26. The molecular weight excluding hydrogens is 276 g/mol. The molecule has 6 heteroatoms. The lowest BCUT2D eigenvalue weighted by Crippen LogP contribution is -2.14. The van der Waals surface area contributed by atoms with Crippen LogP contribution in [-0.4, -0.2) is 21.1 Å². The van der Waals surface area contributed by atoms with Gasteiger partial charge in [0.05, 0.1) is 6.42 Å². The molecule has 3 N–H and O–H groups in total. The molecule has 0 radical (unpaired) electrons. The van der Waals surface area contributed by atoms with Gasteiger partial charge in [0.25, 0.3) is 0 Å². The summed E-state index contributed by atoms with van der Waals surface area (Å²) in [5.74, 6) is -0.255. The van der Waals surface area contributed by atoms with E-state index in [-0.39, 0.29) is 23.8 Å². The van der Waals surface area contributed by atoms with Gasteiger partial charge in [-0.3, -0.25) is 4.79 Å². The van der Waals surface area contributed by atoms with Crippen molar-refractivity contribution >= 4 is 22.4 Å². The largest absolute Gasteiger partial charge is 0.504 e. The molecule has 1 aromatic carbocycles. The fourth-order valence-corrected chi connectivity index (χ4v) is 2.47. The number of aromatic nitrogens is 1. The van der Waals surface area contributed by atoms with E-state index in [2.05, 4.69) is 24.1 Å². The lowest BCUT2D eigenvalue weighted by molar-refractivity contribution is -0.115. The second-order valence-electron chi connectivity index (χ2n) is 4.77. The lowest BCUT2D eigenvalue weighted by Gasteiger charge is -2.04. The summed E-state index contributed by atoms with van der Waals surface area (Å²) in [5, 5.41) is 21.9. The van der Waals surface area contributed by atoms with E-state index in [0.29, 0.717) is 16.6 Å².